The van der Waals surface area contributed by atoms with Crippen LogP contribution < -0.4 is 0 Å². The highest BCUT2D eigenvalue weighted by molar-refractivity contribution is 6.00. The molecule has 21 heavy (non-hydrogen) atoms. The second kappa shape index (κ2) is 5.62. The Labute approximate surface area is 120 Å². The summed E-state index contributed by atoms with van der Waals surface area (Å²) in [5.41, 5.74) is 0.218. The number of phenolic OH excluding ortho intramolecular Hbond substituents is 2. The fourth-order valence-corrected chi connectivity index (χ4v) is 1.94. The van der Waals surface area contributed by atoms with Gasteiger partial charge in [-0.05, 0) is 25.1 Å². The van der Waals surface area contributed by atoms with Crippen molar-refractivity contribution < 1.29 is 20.1 Å². The maximum atomic E-state index is 11.3. The van der Waals surface area contributed by atoms with E-state index >= 15 is 0 Å². The van der Waals surface area contributed by atoms with Crippen LogP contribution in [0.5, 0.6) is 11.5 Å². The molecule has 0 aliphatic carbocycles. The highest BCUT2D eigenvalue weighted by atomic mass is 16.3. The summed E-state index contributed by atoms with van der Waals surface area (Å²) in [6, 6.07) is 7.59. The first-order valence-corrected chi connectivity index (χ1v) is 6.18. The van der Waals surface area contributed by atoms with Gasteiger partial charge in [0, 0.05) is 12.3 Å². The molecule has 0 spiro atoms. The van der Waals surface area contributed by atoms with Crippen LogP contribution in [0.4, 0.5) is 5.69 Å². The lowest BCUT2D eigenvalue weighted by molar-refractivity contribution is -0.113. The van der Waals surface area contributed by atoms with Gasteiger partial charge in [0.05, 0.1) is 11.1 Å². The van der Waals surface area contributed by atoms with E-state index in [0.717, 1.165) is 0 Å². The van der Waals surface area contributed by atoms with Gasteiger partial charge in [-0.25, -0.2) is 0 Å². The topological polar surface area (TPSA) is 102 Å². The maximum Gasteiger partial charge on any atom is 0.183 e. The van der Waals surface area contributed by atoms with Crippen LogP contribution in [-0.2, 0) is 4.79 Å². The molecule has 0 aromatic heterocycles. The van der Waals surface area contributed by atoms with Gasteiger partial charge in [-0.2, -0.15) is 0 Å². The molecule has 0 bridgehead atoms. The Kier molecular flexibility index (Phi) is 3.89. The Morgan fingerprint density at radius 3 is 2.33 bits per heavy atom. The minimum absolute atomic E-state index is 0.0808. The third kappa shape index (κ3) is 2.84. The lowest BCUT2D eigenvalue weighted by atomic mass is 10.1. The van der Waals surface area contributed by atoms with E-state index in [4.69, 9.17) is 0 Å². The summed E-state index contributed by atoms with van der Waals surface area (Å²) in [5, 5.41) is 37.4. The molecule has 3 N–H and O–H groups in total. The van der Waals surface area contributed by atoms with E-state index in [0.29, 0.717) is 11.1 Å². The summed E-state index contributed by atoms with van der Waals surface area (Å²) in [7, 11) is 0. The Bertz CT molecular complexity index is 766. The standard InChI is InChI=1S/C15H14N2O4/c1-8(18)15(9(2)19)17-16-11-6-7-13(21)14-10(11)4-3-5-12(14)20/h3-7,18,20-21H,1-2H3. The zero-order valence-corrected chi connectivity index (χ0v) is 11.5. The average Bonchev–Trinajstić information content (AvgIpc) is 2.40. The molecule has 6 heteroatoms. The van der Waals surface area contributed by atoms with E-state index in [9.17, 15) is 20.1 Å². The lowest BCUT2D eigenvalue weighted by Crippen LogP contribution is -1.96. The minimum atomic E-state index is -0.412. The van der Waals surface area contributed by atoms with Crippen LogP contribution in [-0.4, -0.2) is 21.1 Å². The van der Waals surface area contributed by atoms with Crippen molar-refractivity contribution in [2.24, 2.45) is 10.2 Å². The number of allylic oxidation sites excluding steroid dienone is 2. The van der Waals surface area contributed by atoms with Crippen molar-refractivity contribution in [1.29, 1.82) is 0 Å². The van der Waals surface area contributed by atoms with Gasteiger partial charge in [0.2, 0.25) is 0 Å². The number of aliphatic hydroxyl groups is 1. The number of aromatic hydroxyl groups is 2. The molecule has 0 saturated carbocycles. The number of nitrogens with zero attached hydrogens (tertiary/aromatic N) is 2. The number of Topliss-reactive ketones (excluding diaryl/α,β-unsaturated/α-hetero) is 1. The number of hydrogen-bond donors (Lipinski definition) is 3. The minimum Gasteiger partial charge on any atom is -0.510 e. The van der Waals surface area contributed by atoms with E-state index in [1.54, 1.807) is 12.1 Å². The number of hydrogen-bond acceptors (Lipinski definition) is 6. The van der Waals surface area contributed by atoms with Crippen molar-refractivity contribution in [2.75, 3.05) is 0 Å². The molecule has 2 aromatic rings. The molecule has 0 radical (unpaired) electrons. The Balaban J connectivity index is 2.59. The Hall–Kier alpha value is -2.89. The number of carbonyl (C=O) groups excluding carboxylic acids is 1. The molecule has 0 amide bonds. The highest BCUT2D eigenvalue weighted by Gasteiger charge is 2.10. The molecule has 0 aliphatic rings. The van der Waals surface area contributed by atoms with Gasteiger partial charge < -0.3 is 15.3 Å². The highest BCUT2D eigenvalue weighted by Crippen LogP contribution is 2.38. The van der Waals surface area contributed by atoms with Gasteiger partial charge in [0.1, 0.15) is 17.3 Å². The fourth-order valence-electron chi connectivity index (χ4n) is 1.94. The summed E-state index contributed by atoms with van der Waals surface area (Å²) in [6.07, 6.45) is 0. The van der Waals surface area contributed by atoms with Crippen molar-refractivity contribution in [3.63, 3.8) is 0 Å². The second-order valence-electron chi connectivity index (χ2n) is 4.49. The van der Waals surface area contributed by atoms with Crippen molar-refractivity contribution in [2.45, 2.75) is 13.8 Å². The number of fused-ring (bicyclic) bond motifs is 1. The molecular formula is C15H14N2O4. The number of carbonyl (C=O) groups is 1. The summed E-state index contributed by atoms with van der Waals surface area (Å²) in [5.74, 6) is -0.799. The van der Waals surface area contributed by atoms with Crippen LogP contribution in [0.25, 0.3) is 10.8 Å². The van der Waals surface area contributed by atoms with Crippen LogP contribution in [0.3, 0.4) is 0 Å². The molecule has 108 valence electrons. The number of phenols is 2. The summed E-state index contributed by atoms with van der Waals surface area (Å²) in [4.78, 5) is 11.3. The predicted octanol–water partition coefficient (Wildman–Crippen LogP) is 3.71. The van der Waals surface area contributed by atoms with Gasteiger partial charge in [0.25, 0.3) is 0 Å². The van der Waals surface area contributed by atoms with E-state index in [1.165, 1.54) is 32.0 Å². The first-order valence-electron chi connectivity index (χ1n) is 6.18. The molecule has 0 saturated heterocycles. The number of ketones is 1. The largest absolute Gasteiger partial charge is 0.510 e. The normalized spacial score (nSPS) is 12.7. The number of benzene rings is 2. The third-order valence-electron chi connectivity index (χ3n) is 2.91. The molecule has 2 rings (SSSR count). The van der Waals surface area contributed by atoms with E-state index in [1.807, 2.05) is 0 Å². The van der Waals surface area contributed by atoms with Crippen LogP contribution in [0.1, 0.15) is 13.8 Å². The Morgan fingerprint density at radius 1 is 1.05 bits per heavy atom. The van der Waals surface area contributed by atoms with E-state index in [-0.39, 0.29) is 28.3 Å². The quantitative estimate of drug-likeness (QED) is 0.454. The monoisotopic (exact) mass is 286 g/mol. The molecule has 0 unspecified atom stereocenters. The zero-order chi connectivity index (χ0) is 15.6. The lowest BCUT2D eigenvalue weighted by Gasteiger charge is -2.05. The average molecular weight is 286 g/mol. The number of azo groups is 1. The molecule has 0 fully saturated rings. The Morgan fingerprint density at radius 2 is 1.71 bits per heavy atom. The SMILES string of the molecule is CC(=O)C(N=Nc1ccc(O)c2c(O)cccc12)=C(C)O. The number of aliphatic hydroxyl groups excluding tert-OH is 1. The van der Waals surface area contributed by atoms with Crippen molar-refractivity contribution in [3.8, 4) is 11.5 Å². The summed E-state index contributed by atoms with van der Waals surface area (Å²) < 4.78 is 0. The third-order valence-corrected chi connectivity index (χ3v) is 2.91. The van der Waals surface area contributed by atoms with Gasteiger partial charge in [-0.1, -0.05) is 12.1 Å². The first-order chi connectivity index (χ1) is 9.91. The molecular weight excluding hydrogens is 272 g/mol. The smallest absolute Gasteiger partial charge is 0.183 e. The van der Waals surface area contributed by atoms with Gasteiger partial charge in [-0.15, -0.1) is 10.2 Å². The zero-order valence-electron chi connectivity index (χ0n) is 11.5. The van der Waals surface area contributed by atoms with Gasteiger partial charge in [-0.3, -0.25) is 4.79 Å². The van der Waals surface area contributed by atoms with Crippen LogP contribution in [0, 0.1) is 0 Å². The van der Waals surface area contributed by atoms with E-state index in [2.05, 4.69) is 10.2 Å². The van der Waals surface area contributed by atoms with Crippen molar-refractivity contribution in [3.05, 3.63) is 41.8 Å². The van der Waals surface area contributed by atoms with Crippen molar-refractivity contribution in [1.82, 2.24) is 0 Å². The van der Waals surface area contributed by atoms with Crippen LogP contribution in [0.15, 0.2) is 52.0 Å². The molecule has 0 heterocycles. The van der Waals surface area contributed by atoms with Gasteiger partial charge in [0.15, 0.2) is 11.5 Å². The van der Waals surface area contributed by atoms with Crippen LogP contribution in [0.2, 0.25) is 0 Å². The molecule has 0 aliphatic heterocycles. The van der Waals surface area contributed by atoms with Crippen LogP contribution >= 0.6 is 0 Å². The molecule has 0 atom stereocenters. The van der Waals surface area contributed by atoms with E-state index < -0.39 is 5.78 Å². The van der Waals surface area contributed by atoms with Crippen molar-refractivity contribution >= 4 is 22.2 Å². The number of rotatable bonds is 3. The molecule has 2 aromatic carbocycles. The second-order valence-corrected chi connectivity index (χ2v) is 4.49. The predicted molar refractivity (Wildman–Crippen MR) is 77.8 cm³/mol. The fraction of sp³-hybridized carbons (Fsp3) is 0.133. The summed E-state index contributed by atoms with van der Waals surface area (Å²) >= 11 is 0. The molecule has 6 nitrogen and oxygen atoms in total. The maximum absolute atomic E-state index is 11.3. The first kappa shape index (κ1) is 14.5. The van der Waals surface area contributed by atoms with Gasteiger partial charge >= 0.3 is 0 Å². The summed E-state index contributed by atoms with van der Waals surface area (Å²) in [6.45, 7) is 2.62.